The molecule has 1 aliphatic carbocycles. The molecule has 0 radical (unpaired) electrons. The van der Waals surface area contributed by atoms with E-state index in [0.29, 0.717) is 25.9 Å². The van der Waals surface area contributed by atoms with Gasteiger partial charge in [-0.2, -0.15) is 0 Å². The van der Waals surface area contributed by atoms with E-state index in [1.165, 1.54) is 50.7 Å². The lowest BCUT2D eigenvalue weighted by Crippen LogP contribution is -2.45. The Morgan fingerprint density at radius 2 is 1.93 bits per heavy atom. The van der Waals surface area contributed by atoms with Crippen LogP contribution in [0.2, 0.25) is 0 Å². The third-order valence-corrected chi connectivity index (χ3v) is 5.96. The summed E-state index contributed by atoms with van der Waals surface area (Å²) >= 11 is 0. The Morgan fingerprint density at radius 3 is 2.67 bits per heavy atom. The molecular formula is C22H31FN2O2. The molecule has 27 heavy (non-hydrogen) atoms. The lowest BCUT2D eigenvalue weighted by Gasteiger charge is -2.32. The van der Waals surface area contributed by atoms with Crippen molar-refractivity contribution in [2.24, 2.45) is 11.8 Å². The number of halogens is 1. The number of hydrogen-bond acceptors (Lipinski definition) is 2. The van der Waals surface area contributed by atoms with Crippen molar-refractivity contribution in [2.75, 3.05) is 13.1 Å². The van der Waals surface area contributed by atoms with E-state index in [4.69, 9.17) is 0 Å². The molecule has 5 heteroatoms. The summed E-state index contributed by atoms with van der Waals surface area (Å²) in [6.45, 7) is 1.52. The van der Waals surface area contributed by atoms with Gasteiger partial charge < -0.3 is 10.2 Å². The number of nitrogens with zero attached hydrogens (tertiary/aromatic N) is 1. The lowest BCUT2D eigenvalue weighted by molar-refractivity contribution is -0.138. The largest absolute Gasteiger partial charge is 0.356 e. The molecule has 4 nitrogen and oxygen atoms in total. The maximum absolute atomic E-state index is 13.4. The van der Waals surface area contributed by atoms with Gasteiger partial charge in [-0.05, 0) is 36.5 Å². The molecular weight excluding hydrogens is 343 g/mol. The third-order valence-electron chi connectivity index (χ3n) is 5.96. The number of nitrogens with one attached hydrogen (secondary N) is 1. The van der Waals surface area contributed by atoms with Crippen LogP contribution in [0.3, 0.4) is 0 Å². The fraction of sp³-hybridized carbons (Fsp3) is 0.636. The number of amides is 2. The topological polar surface area (TPSA) is 49.4 Å². The zero-order chi connectivity index (χ0) is 19.1. The van der Waals surface area contributed by atoms with E-state index in [9.17, 15) is 14.0 Å². The zero-order valence-electron chi connectivity index (χ0n) is 16.1. The first-order chi connectivity index (χ1) is 13.1. The number of hydrogen-bond donors (Lipinski definition) is 1. The molecule has 0 unspecified atom stereocenters. The first kappa shape index (κ1) is 19.8. The monoisotopic (exact) mass is 374 g/mol. The number of rotatable bonds is 6. The average molecular weight is 375 g/mol. The van der Waals surface area contributed by atoms with Gasteiger partial charge in [0.1, 0.15) is 5.82 Å². The van der Waals surface area contributed by atoms with Crippen molar-refractivity contribution < 1.29 is 14.0 Å². The first-order valence-electron chi connectivity index (χ1n) is 10.4. The van der Waals surface area contributed by atoms with E-state index in [0.717, 1.165) is 24.4 Å². The van der Waals surface area contributed by atoms with Crippen molar-refractivity contribution in [1.29, 1.82) is 0 Å². The molecule has 1 N–H and O–H groups in total. The van der Waals surface area contributed by atoms with Crippen molar-refractivity contribution in [2.45, 2.75) is 64.3 Å². The summed E-state index contributed by atoms with van der Waals surface area (Å²) in [6, 6.07) is 6.30. The van der Waals surface area contributed by atoms with Crippen LogP contribution in [0.4, 0.5) is 4.39 Å². The minimum absolute atomic E-state index is 0.0433. The summed E-state index contributed by atoms with van der Waals surface area (Å²) in [5.74, 6) is 0.377. The third kappa shape index (κ3) is 6.05. The summed E-state index contributed by atoms with van der Waals surface area (Å²) in [7, 11) is 0. The minimum Gasteiger partial charge on any atom is -0.356 e. The second-order valence-electron chi connectivity index (χ2n) is 8.08. The van der Waals surface area contributed by atoms with Crippen molar-refractivity contribution in [1.82, 2.24) is 10.2 Å². The second kappa shape index (κ2) is 9.86. The highest BCUT2D eigenvalue weighted by molar-refractivity contribution is 5.83. The number of carbonyl (C=O) groups excluding carboxylic acids is 2. The standard InChI is InChI=1S/C22H31FN2O2/c23-20-9-5-8-18(14-20)15-25-16-19(10-11-21(25)26)22(27)24-13-12-17-6-3-1-2-4-7-17/h5,8-9,14,17,19H,1-4,6-7,10-13,15-16H2,(H,24,27)/t19-/m0/s1. The zero-order valence-corrected chi connectivity index (χ0v) is 16.1. The average Bonchev–Trinajstić information content (AvgIpc) is 2.92. The predicted octanol–water partition coefficient (Wildman–Crippen LogP) is 4.04. The predicted molar refractivity (Wildman–Crippen MR) is 103 cm³/mol. The molecule has 3 rings (SSSR count). The molecule has 0 bridgehead atoms. The minimum atomic E-state index is -0.301. The lowest BCUT2D eigenvalue weighted by atomic mass is 9.95. The number of benzene rings is 1. The van der Waals surface area contributed by atoms with Crippen LogP contribution in [-0.4, -0.2) is 29.8 Å². The number of likely N-dealkylation sites (tertiary alicyclic amines) is 1. The Hall–Kier alpha value is -1.91. The summed E-state index contributed by atoms with van der Waals surface area (Å²) in [5, 5.41) is 3.09. The molecule has 2 amide bonds. The highest BCUT2D eigenvalue weighted by Crippen LogP contribution is 2.25. The maximum atomic E-state index is 13.4. The van der Waals surface area contributed by atoms with Gasteiger partial charge in [-0.3, -0.25) is 9.59 Å². The van der Waals surface area contributed by atoms with Gasteiger partial charge in [-0.15, -0.1) is 0 Å². The van der Waals surface area contributed by atoms with Crippen LogP contribution in [0.5, 0.6) is 0 Å². The Balaban J connectivity index is 1.46. The van der Waals surface area contributed by atoms with Gasteiger partial charge in [0.2, 0.25) is 11.8 Å². The van der Waals surface area contributed by atoms with Gasteiger partial charge in [-0.25, -0.2) is 4.39 Å². The molecule has 1 aromatic rings. The smallest absolute Gasteiger partial charge is 0.224 e. The van der Waals surface area contributed by atoms with E-state index in [2.05, 4.69) is 5.32 Å². The van der Waals surface area contributed by atoms with Crippen LogP contribution in [0.1, 0.15) is 63.4 Å². The van der Waals surface area contributed by atoms with Crippen LogP contribution >= 0.6 is 0 Å². The molecule has 0 spiro atoms. The normalized spacial score (nSPS) is 21.7. The first-order valence-corrected chi connectivity index (χ1v) is 10.4. The van der Waals surface area contributed by atoms with Gasteiger partial charge in [0.05, 0.1) is 5.92 Å². The molecule has 1 saturated heterocycles. The van der Waals surface area contributed by atoms with E-state index in [1.807, 2.05) is 6.07 Å². The van der Waals surface area contributed by atoms with Crippen molar-refractivity contribution >= 4 is 11.8 Å². The summed E-state index contributed by atoms with van der Waals surface area (Å²) in [6.07, 6.45) is 9.95. The van der Waals surface area contributed by atoms with Gasteiger partial charge >= 0.3 is 0 Å². The maximum Gasteiger partial charge on any atom is 0.224 e. The van der Waals surface area contributed by atoms with Gasteiger partial charge in [0.15, 0.2) is 0 Å². The molecule has 1 heterocycles. The van der Waals surface area contributed by atoms with Crippen LogP contribution < -0.4 is 5.32 Å². The van der Waals surface area contributed by atoms with Gasteiger partial charge in [0, 0.05) is 26.1 Å². The summed E-state index contributed by atoms with van der Waals surface area (Å²) < 4.78 is 13.4. The molecule has 2 aliphatic rings. The molecule has 1 aromatic carbocycles. The van der Waals surface area contributed by atoms with Crippen molar-refractivity contribution in [3.8, 4) is 0 Å². The van der Waals surface area contributed by atoms with Crippen LogP contribution in [-0.2, 0) is 16.1 Å². The SMILES string of the molecule is O=C(NCCC1CCCCCC1)[C@H]1CCC(=O)N(Cc2cccc(F)c2)C1. The number of carbonyl (C=O) groups is 2. The van der Waals surface area contributed by atoms with Crippen LogP contribution in [0.25, 0.3) is 0 Å². The van der Waals surface area contributed by atoms with E-state index in [1.54, 1.807) is 11.0 Å². The number of piperidine rings is 1. The molecule has 1 atom stereocenters. The van der Waals surface area contributed by atoms with Gasteiger partial charge in [-0.1, -0.05) is 50.7 Å². The molecule has 148 valence electrons. The van der Waals surface area contributed by atoms with E-state index in [-0.39, 0.29) is 23.5 Å². The van der Waals surface area contributed by atoms with Crippen molar-refractivity contribution in [3.63, 3.8) is 0 Å². The molecule has 2 fully saturated rings. The Bertz CT molecular complexity index is 641. The van der Waals surface area contributed by atoms with Crippen LogP contribution in [0.15, 0.2) is 24.3 Å². The Kier molecular flexibility index (Phi) is 7.25. The Labute approximate surface area is 161 Å². The fourth-order valence-electron chi connectivity index (χ4n) is 4.33. The van der Waals surface area contributed by atoms with E-state index >= 15 is 0 Å². The van der Waals surface area contributed by atoms with Crippen molar-refractivity contribution in [3.05, 3.63) is 35.6 Å². The fourth-order valence-corrected chi connectivity index (χ4v) is 4.33. The quantitative estimate of drug-likeness (QED) is 0.764. The summed E-state index contributed by atoms with van der Waals surface area (Å²) in [5.41, 5.74) is 0.762. The highest BCUT2D eigenvalue weighted by atomic mass is 19.1. The molecule has 1 aliphatic heterocycles. The highest BCUT2D eigenvalue weighted by Gasteiger charge is 2.30. The van der Waals surface area contributed by atoms with Gasteiger partial charge in [0.25, 0.3) is 0 Å². The second-order valence-corrected chi connectivity index (χ2v) is 8.08. The summed E-state index contributed by atoms with van der Waals surface area (Å²) in [4.78, 5) is 26.5. The van der Waals surface area contributed by atoms with Crippen LogP contribution in [0, 0.1) is 17.7 Å². The van der Waals surface area contributed by atoms with E-state index < -0.39 is 0 Å². The Morgan fingerprint density at radius 1 is 1.15 bits per heavy atom. The molecule has 0 aromatic heterocycles. The molecule has 1 saturated carbocycles.